The average Bonchev–Trinajstić information content (AvgIpc) is 3.46. The minimum atomic E-state index is -0.732. The second kappa shape index (κ2) is 11.1. The Bertz CT molecular complexity index is 1150. The van der Waals surface area contributed by atoms with Gasteiger partial charge in [0.05, 0.1) is 35.9 Å². The Morgan fingerprint density at radius 2 is 2.09 bits per heavy atom. The molecule has 0 radical (unpaired) electrons. The molecule has 0 saturated carbocycles. The highest BCUT2D eigenvalue weighted by Gasteiger charge is 2.29. The highest BCUT2D eigenvalue weighted by Crippen LogP contribution is 2.34. The number of nitrogens with one attached hydrogen (secondary N) is 2. The second-order valence-electron chi connectivity index (χ2n) is 9.39. The third kappa shape index (κ3) is 6.11. The summed E-state index contributed by atoms with van der Waals surface area (Å²) in [7, 11) is 0. The third-order valence-corrected chi connectivity index (χ3v) is 6.29. The van der Waals surface area contributed by atoms with E-state index < -0.39 is 5.54 Å². The molecule has 9 heteroatoms. The summed E-state index contributed by atoms with van der Waals surface area (Å²) in [6.45, 7) is 5.30. The van der Waals surface area contributed by atoms with Crippen molar-refractivity contribution in [2.75, 3.05) is 25.1 Å². The molecular formula is C26H35N5O4. The first-order valence-electron chi connectivity index (χ1n) is 12.1. The van der Waals surface area contributed by atoms with Crippen LogP contribution < -0.4 is 21.1 Å². The standard InChI is InChI=1S/C26H35N5O4/c1-26(2,24(27)33)29-13-6-14-34-19-8-5-7-18(15-19)16-28-25-30-21-9-3-4-10-22(21)31(25)23-12-11-20(17-32)35-23/h3-5,7-10,15,20,23,29,32H,6,11-14,16-17H2,1-2H3,(H2,27,33)(H,28,30)/t20-,23+/m0/s1. The Kier molecular flexibility index (Phi) is 7.90. The molecule has 2 aromatic carbocycles. The third-order valence-electron chi connectivity index (χ3n) is 6.29. The highest BCUT2D eigenvalue weighted by molar-refractivity contribution is 5.83. The number of hydrogen-bond acceptors (Lipinski definition) is 7. The lowest BCUT2D eigenvalue weighted by Gasteiger charge is -2.22. The predicted octanol–water partition coefficient (Wildman–Crippen LogP) is 2.94. The number of carbonyl (C=O) groups is 1. The number of aliphatic hydroxyl groups excluding tert-OH is 1. The number of hydrogen-bond donors (Lipinski definition) is 4. The first-order valence-corrected chi connectivity index (χ1v) is 12.1. The van der Waals surface area contributed by atoms with Gasteiger partial charge >= 0.3 is 0 Å². The maximum atomic E-state index is 11.4. The monoisotopic (exact) mass is 481 g/mol. The van der Waals surface area contributed by atoms with E-state index in [1.165, 1.54) is 0 Å². The van der Waals surface area contributed by atoms with Gasteiger partial charge in [-0.2, -0.15) is 0 Å². The number of benzene rings is 2. The van der Waals surface area contributed by atoms with Gasteiger partial charge in [-0.3, -0.25) is 9.36 Å². The molecule has 35 heavy (non-hydrogen) atoms. The van der Waals surface area contributed by atoms with E-state index in [-0.39, 0.29) is 24.8 Å². The van der Waals surface area contributed by atoms with Gasteiger partial charge in [-0.15, -0.1) is 0 Å². The van der Waals surface area contributed by atoms with E-state index in [9.17, 15) is 9.90 Å². The minimum absolute atomic E-state index is 0.0254. The molecule has 1 fully saturated rings. The van der Waals surface area contributed by atoms with Gasteiger partial charge in [-0.1, -0.05) is 24.3 Å². The van der Waals surface area contributed by atoms with Crippen molar-refractivity contribution in [1.29, 1.82) is 0 Å². The van der Waals surface area contributed by atoms with E-state index in [1.807, 2.05) is 48.5 Å². The van der Waals surface area contributed by atoms with Gasteiger partial charge in [0.25, 0.3) is 0 Å². The Hall–Kier alpha value is -3.14. The molecule has 0 spiro atoms. The largest absolute Gasteiger partial charge is 0.494 e. The van der Waals surface area contributed by atoms with E-state index in [1.54, 1.807) is 13.8 Å². The normalized spacial score (nSPS) is 18.1. The second-order valence-corrected chi connectivity index (χ2v) is 9.39. The zero-order chi connectivity index (χ0) is 24.8. The topological polar surface area (TPSA) is 124 Å². The first kappa shape index (κ1) is 25.0. The van der Waals surface area contributed by atoms with Gasteiger partial charge in [0.15, 0.2) is 0 Å². The molecule has 4 rings (SSSR count). The molecule has 9 nitrogen and oxygen atoms in total. The van der Waals surface area contributed by atoms with Gasteiger partial charge in [0.2, 0.25) is 11.9 Å². The Balaban J connectivity index is 1.36. The summed E-state index contributed by atoms with van der Waals surface area (Å²) in [6.07, 6.45) is 2.10. The van der Waals surface area contributed by atoms with Crippen LogP contribution in [0, 0.1) is 0 Å². The maximum absolute atomic E-state index is 11.4. The maximum Gasteiger partial charge on any atom is 0.237 e. The van der Waals surface area contributed by atoms with E-state index in [0.29, 0.717) is 19.7 Å². The number of aliphatic hydroxyl groups is 1. The van der Waals surface area contributed by atoms with E-state index >= 15 is 0 Å². The fourth-order valence-corrected chi connectivity index (χ4v) is 4.15. The summed E-state index contributed by atoms with van der Waals surface area (Å²) < 4.78 is 14.0. The molecule has 1 aliphatic heterocycles. The van der Waals surface area contributed by atoms with Gasteiger partial charge in [-0.05, 0) is 69.5 Å². The average molecular weight is 482 g/mol. The number of anilines is 1. The van der Waals surface area contributed by atoms with Gasteiger partial charge in [0.1, 0.15) is 12.0 Å². The summed E-state index contributed by atoms with van der Waals surface area (Å²) in [5, 5.41) is 16.1. The predicted molar refractivity (Wildman–Crippen MR) is 135 cm³/mol. The molecule has 3 aromatic rings. The lowest BCUT2D eigenvalue weighted by molar-refractivity contribution is -0.123. The Labute approximate surface area is 205 Å². The number of amides is 1. The molecule has 2 heterocycles. The fourth-order valence-electron chi connectivity index (χ4n) is 4.15. The van der Waals surface area contributed by atoms with Crippen LogP contribution in [0.5, 0.6) is 5.75 Å². The molecule has 0 bridgehead atoms. The first-order chi connectivity index (χ1) is 16.9. The van der Waals surface area contributed by atoms with E-state index in [2.05, 4.69) is 15.2 Å². The summed E-state index contributed by atoms with van der Waals surface area (Å²) in [5.41, 5.74) is 7.62. The van der Waals surface area contributed by atoms with Crippen molar-refractivity contribution in [3.8, 4) is 5.75 Å². The van der Waals surface area contributed by atoms with E-state index in [0.717, 1.165) is 47.6 Å². The zero-order valence-electron chi connectivity index (χ0n) is 20.4. The molecule has 2 atom stereocenters. The van der Waals surface area contributed by atoms with Crippen molar-refractivity contribution < 1.29 is 19.4 Å². The van der Waals surface area contributed by atoms with Gasteiger partial charge < -0.3 is 30.9 Å². The lowest BCUT2D eigenvalue weighted by atomic mass is 10.1. The van der Waals surface area contributed by atoms with E-state index in [4.69, 9.17) is 20.2 Å². The van der Waals surface area contributed by atoms with Crippen LogP contribution in [-0.2, 0) is 16.1 Å². The van der Waals surface area contributed by atoms with Crippen LogP contribution in [0.25, 0.3) is 11.0 Å². The van der Waals surface area contributed by atoms with Crippen molar-refractivity contribution in [3.63, 3.8) is 0 Å². The number of carbonyl (C=O) groups excluding carboxylic acids is 1. The van der Waals surface area contributed by atoms with Crippen molar-refractivity contribution in [3.05, 3.63) is 54.1 Å². The van der Waals surface area contributed by atoms with Gasteiger partial charge in [0, 0.05) is 6.54 Å². The number of primary amides is 1. The van der Waals surface area contributed by atoms with Crippen LogP contribution in [0.3, 0.4) is 0 Å². The van der Waals surface area contributed by atoms with Crippen LogP contribution in [-0.4, -0.2) is 52.0 Å². The summed E-state index contributed by atoms with van der Waals surface area (Å²) in [5.74, 6) is 1.15. The quantitative estimate of drug-likeness (QED) is 0.293. The number of nitrogens with two attached hydrogens (primary N) is 1. The van der Waals surface area contributed by atoms with Crippen molar-refractivity contribution in [1.82, 2.24) is 14.9 Å². The van der Waals surface area contributed by atoms with Crippen LogP contribution >= 0.6 is 0 Å². The number of rotatable bonds is 12. The molecule has 0 aliphatic carbocycles. The highest BCUT2D eigenvalue weighted by atomic mass is 16.5. The van der Waals surface area contributed by atoms with Crippen molar-refractivity contribution in [2.24, 2.45) is 5.73 Å². The number of imidazole rings is 1. The number of nitrogens with zero attached hydrogens (tertiary/aromatic N) is 2. The van der Waals surface area contributed by atoms with Crippen LogP contribution in [0.15, 0.2) is 48.5 Å². The Morgan fingerprint density at radius 1 is 1.26 bits per heavy atom. The van der Waals surface area contributed by atoms with Crippen LogP contribution in [0.4, 0.5) is 5.95 Å². The zero-order valence-corrected chi connectivity index (χ0v) is 20.4. The molecular weight excluding hydrogens is 446 g/mol. The summed E-state index contributed by atoms with van der Waals surface area (Å²) in [6, 6.07) is 15.9. The fraction of sp³-hybridized carbons (Fsp3) is 0.462. The number of aromatic nitrogens is 2. The lowest BCUT2D eigenvalue weighted by Crippen LogP contribution is -2.51. The number of para-hydroxylation sites is 2. The molecule has 1 amide bonds. The summed E-state index contributed by atoms with van der Waals surface area (Å²) >= 11 is 0. The number of fused-ring (bicyclic) bond motifs is 1. The SMILES string of the molecule is CC(C)(NCCCOc1cccc(CNc2nc3ccccc3n2[C@H]2CC[C@@H](CO)O2)c1)C(N)=O. The van der Waals surface area contributed by atoms with Gasteiger partial charge in [-0.25, -0.2) is 4.98 Å². The molecule has 1 aromatic heterocycles. The molecule has 1 aliphatic rings. The van der Waals surface area contributed by atoms with Crippen molar-refractivity contribution >= 4 is 22.9 Å². The molecule has 0 unspecified atom stereocenters. The molecule has 188 valence electrons. The van der Waals surface area contributed by atoms with Crippen LogP contribution in [0.1, 0.15) is 44.9 Å². The smallest absolute Gasteiger partial charge is 0.237 e. The number of ether oxygens (including phenoxy) is 2. The molecule has 5 N–H and O–H groups in total. The molecule has 1 saturated heterocycles. The summed E-state index contributed by atoms with van der Waals surface area (Å²) in [4.78, 5) is 16.2. The van der Waals surface area contributed by atoms with Crippen LogP contribution in [0.2, 0.25) is 0 Å². The van der Waals surface area contributed by atoms with Crippen molar-refractivity contribution in [2.45, 2.75) is 57.5 Å². The Morgan fingerprint density at radius 3 is 2.86 bits per heavy atom. The minimum Gasteiger partial charge on any atom is -0.494 e.